The van der Waals surface area contributed by atoms with Gasteiger partial charge >= 0.3 is 0 Å². The van der Waals surface area contributed by atoms with Crippen molar-refractivity contribution in [3.63, 3.8) is 0 Å². The molecule has 0 saturated carbocycles. The molecular weight excluding hydrogens is 268 g/mol. The average Bonchev–Trinajstić information content (AvgIpc) is 3.05. The molecule has 0 atom stereocenters. The van der Waals surface area contributed by atoms with Crippen LogP contribution in [0.5, 0.6) is 0 Å². The maximum Gasteiger partial charge on any atom is 0.242 e. The quantitative estimate of drug-likeness (QED) is 0.626. The molecule has 2 heterocycles. The number of rotatable bonds is 7. The molecule has 0 aliphatic heterocycles. The van der Waals surface area contributed by atoms with E-state index in [2.05, 4.69) is 14.8 Å². The van der Waals surface area contributed by atoms with Gasteiger partial charge in [0.15, 0.2) is 0 Å². The van der Waals surface area contributed by atoms with Crippen molar-refractivity contribution in [1.29, 1.82) is 0 Å². The normalized spacial score (nSPS) is 11.8. The summed E-state index contributed by atoms with van der Waals surface area (Å²) in [5.41, 5.74) is 0.469. The van der Waals surface area contributed by atoms with Gasteiger partial charge in [-0.15, -0.1) is 0 Å². The van der Waals surface area contributed by atoms with Gasteiger partial charge in [0.1, 0.15) is 0 Å². The molecule has 0 saturated heterocycles. The van der Waals surface area contributed by atoms with Crippen molar-refractivity contribution in [3.05, 3.63) is 36.4 Å². The van der Waals surface area contributed by atoms with Gasteiger partial charge in [-0.2, -0.15) is 5.10 Å². The summed E-state index contributed by atoms with van der Waals surface area (Å²) in [6.45, 7) is 0.779. The number of aromatic nitrogens is 3. The van der Waals surface area contributed by atoms with E-state index in [0.717, 1.165) is 0 Å². The van der Waals surface area contributed by atoms with Crippen LogP contribution in [0.4, 0.5) is 0 Å². The first-order chi connectivity index (χ1) is 9.12. The van der Waals surface area contributed by atoms with Gasteiger partial charge in [-0.05, 0) is 18.6 Å². The molecule has 0 unspecified atom stereocenters. The molecule has 0 aliphatic rings. The molecule has 8 heteroatoms. The van der Waals surface area contributed by atoms with Crippen molar-refractivity contribution < 1.29 is 13.5 Å². The van der Waals surface area contributed by atoms with E-state index >= 15 is 0 Å². The maximum absolute atomic E-state index is 11.9. The van der Waals surface area contributed by atoms with Crippen LogP contribution in [0.3, 0.4) is 0 Å². The zero-order valence-corrected chi connectivity index (χ0v) is 11.1. The van der Waals surface area contributed by atoms with E-state index in [1.165, 1.54) is 12.3 Å². The van der Waals surface area contributed by atoms with Crippen LogP contribution >= 0.6 is 0 Å². The highest BCUT2D eigenvalue weighted by atomic mass is 32.2. The van der Waals surface area contributed by atoms with Gasteiger partial charge in [0, 0.05) is 37.4 Å². The van der Waals surface area contributed by atoms with Crippen molar-refractivity contribution in [2.45, 2.75) is 24.5 Å². The number of sulfonamides is 1. The van der Waals surface area contributed by atoms with Crippen LogP contribution in [0.15, 0.2) is 35.6 Å². The maximum atomic E-state index is 11.9. The summed E-state index contributed by atoms with van der Waals surface area (Å²) in [6, 6.07) is 3.23. The van der Waals surface area contributed by atoms with Gasteiger partial charge in [0.05, 0.1) is 11.5 Å². The first-order valence-electron chi connectivity index (χ1n) is 5.87. The van der Waals surface area contributed by atoms with Gasteiger partial charge in [0.2, 0.25) is 10.0 Å². The highest BCUT2D eigenvalue weighted by Crippen LogP contribution is 2.10. The van der Waals surface area contributed by atoms with E-state index in [1.54, 1.807) is 10.9 Å². The SMILES string of the molecule is O=S(=O)(NCCCn1cccn1)c1c[nH]c(CO)c1. The van der Waals surface area contributed by atoms with Crippen LogP contribution in [0.1, 0.15) is 12.1 Å². The summed E-state index contributed by atoms with van der Waals surface area (Å²) in [5, 5.41) is 12.9. The third-order valence-electron chi connectivity index (χ3n) is 2.61. The molecule has 104 valence electrons. The van der Waals surface area contributed by atoms with Crippen molar-refractivity contribution >= 4 is 10.0 Å². The average molecular weight is 284 g/mol. The van der Waals surface area contributed by atoms with Crippen LogP contribution in [0.2, 0.25) is 0 Å². The second-order valence-corrected chi connectivity index (χ2v) is 5.81. The summed E-state index contributed by atoms with van der Waals surface area (Å²) in [7, 11) is -3.51. The highest BCUT2D eigenvalue weighted by molar-refractivity contribution is 7.89. The third kappa shape index (κ3) is 3.66. The summed E-state index contributed by atoms with van der Waals surface area (Å²) < 4.78 is 28.0. The lowest BCUT2D eigenvalue weighted by Crippen LogP contribution is -2.25. The van der Waals surface area contributed by atoms with Crippen LogP contribution < -0.4 is 4.72 Å². The predicted octanol–water partition coefficient (Wildman–Crippen LogP) is 0.0721. The lowest BCUT2D eigenvalue weighted by molar-refractivity contribution is 0.277. The highest BCUT2D eigenvalue weighted by Gasteiger charge is 2.14. The Morgan fingerprint density at radius 3 is 2.95 bits per heavy atom. The Bertz CT molecular complexity index is 604. The molecule has 7 nitrogen and oxygen atoms in total. The number of hydrogen-bond donors (Lipinski definition) is 3. The number of nitrogens with zero attached hydrogens (tertiary/aromatic N) is 2. The smallest absolute Gasteiger partial charge is 0.242 e. The molecule has 2 rings (SSSR count). The number of aliphatic hydroxyl groups excluding tert-OH is 1. The largest absolute Gasteiger partial charge is 0.390 e. The number of aliphatic hydroxyl groups is 1. The van der Waals surface area contributed by atoms with Crippen LogP contribution in [-0.2, 0) is 23.2 Å². The van der Waals surface area contributed by atoms with Gasteiger partial charge in [-0.25, -0.2) is 13.1 Å². The topological polar surface area (TPSA) is 100 Å². The first-order valence-corrected chi connectivity index (χ1v) is 7.35. The lowest BCUT2D eigenvalue weighted by Gasteiger charge is -2.05. The number of H-pyrrole nitrogens is 1. The van der Waals surface area contributed by atoms with Crippen molar-refractivity contribution in [2.75, 3.05) is 6.54 Å². The molecular formula is C11H16N4O3S. The number of aryl methyl sites for hydroxylation is 1. The second-order valence-electron chi connectivity index (χ2n) is 4.04. The monoisotopic (exact) mass is 284 g/mol. The van der Waals surface area contributed by atoms with Crippen molar-refractivity contribution in [2.24, 2.45) is 0 Å². The molecule has 0 amide bonds. The molecule has 19 heavy (non-hydrogen) atoms. The fraction of sp³-hybridized carbons (Fsp3) is 0.364. The zero-order chi connectivity index (χ0) is 13.7. The minimum absolute atomic E-state index is 0.135. The van der Waals surface area contributed by atoms with Crippen LogP contribution in [0.25, 0.3) is 0 Å². The molecule has 0 aliphatic carbocycles. The predicted molar refractivity (Wildman–Crippen MR) is 68.7 cm³/mol. The van der Waals surface area contributed by atoms with Crippen molar-refractivity contribution in [1.82, 2.24) is 19.5 Å². The summed E-state index contributed by atoms with van der Waals surface area (Å²) in [4.78, 5) is 2.83. The summed E-state index contributed by atoms with van der Waals surface area (Å²) >= 11 is 0. The van der Waals surface area contributed by atoms with Gasteiger partial charge in [-0.1, -0.05) is 0 Å². The fourth-order valence-corrected chi connectivity index (χ4v) is 2.72. The van der Waals surface area contributed by atoms with Crippen molar-refractivity contribution in [3.8, 4) is 0 Å². The second kappa shape index (κ2) is 6.00. The molecule has 0 bridgehead atoms. The molecule has 0 spiro atoms. The van der Waals surface area contributed by atoms with E-state index < -0.39 is 10.0 Å². The van der Waals surface area contributed by atoms with Gasteiger partial charge in [-0.3, -0.25) is 4.68 Å². The molecule has 0 aromatic carbocycles. The third-order valence-corrected chi connectivity index (χ3v) is 4.05. The number of aromatic amines is 1. The van der Waals surface area contributed by atoms with Gasteiger partial charge in [0.25, 0.3) is 0 Å². The minimum Gasteiger partial charge on any atom is -0.390 e. The Morgan fingerprint density at radius 2 is 2.32 bits per heavy atom. The van der Waals surface area contributed by atoms with E-state index in [0.29, 0.717) is 25.2 Å². The fourth-order valence-electron chi connectivity index (χ4n) is 1.63. The molecule has 2 aromatic heterocycles. The molecule has 3 N–H and O–H groups in total. The Labute approximate surface area is 111 Å². The van der Waals surface area contributed by atoms with E-state index in [9.17, 15) is 8.42 Å². The number of hydrogen-bond acceptors (Lipinski definition) is 4. The van der Waals surface area contributed by atoms with E-state index in [1.807, 2.05) is 12.3 Å². The minimum atomic E-state index is -3.51. The summed E-state index contributed by atoms with van der Waals surface area (Å²) in [6.07, 6.45) is 5.52. The zero-order valence-electron chi connectivity index (χ0n) is 10.3. The van der Waals surface area contributed by atoms with E-state index in [-0.39, 0.29) is 11.5 Å². The Hall–Kier alpha value is -1.64. The molecule has 0 fully saturated rings. The van der Waals surface area contributed by atoms with Gasteiger partial charge < -0.3 is 10.1 Å². The van der Waals surface area contributed by atoms with E-state index in [4.69, 9.17) is 5.11 Å². The number of nitrogens with one attached hydrogen (secondary N) is 2. The molecule has 0 radical (unpaired) electrons. The molecule has 2 aromatic rings. The van der Waals surface area contributed by atoms with Crippen LogP contribution in [0, 0.1) is 0 Å². The Kier molecular flexibility index (Phi) is 4.35. The Balaban J connectivity index is 1.84. The summed E-state index contributed by atoms with van der Waals surface area (Å²) in [5.74, 6) is 0. The standard InChI is InChI=1S/C11H16N4O3S/c16-9-10-7-11(8-12-10)19(17,18)14-4-2-6-15-5-1-3-13-15/h1,3,5,7-8,12,14,16H,2,4,6,9H2. The van der Waals surface area contributed by atoms with Crippen LogP contribution in [-0.4, -0.2) is 34.8 Å². The lowest BCUT2D eigenvalue weighted by atomic mass is 10.4. The first kappa shape index (κ1) is 13.8. The Morgan fingerprint density at radius 1 is 1.47 bits per heavy atom.